The molecule has 0 aliphatic heterocycles. The van der Waals surface area contributed by atoms with Gasteiger partial charge in [0, 0.05) is 0 Å². The van der Waals surface area contributed by atoms with Crippen molar-refractivity contribution in [1.29, 1.82) is 0 Å². The molecule has 6 heteroatoms. The van der Waals surface area contributed by atoms with Crippen LogP contribution in [0.5, 0.6) is 5.75 Å². The van der Waals surface area contributed by atoms with E-state index in [2.05, 4.69) is 15.9 Å². The van der Waals surface area contributed by atoms with Gasteiger partial charge in [-0.2, -0.15) is 13.2 Å². The normalized spacial score (nSPS) is 11.4. The SMILES string of the molecule is Fc1ccc(OCc2ccc(C(F)(F)F)cc2)cc1Br. The Bertz CT molecular complexity index is 593. The smallest absolute Gasteiger partial charge is 0.416 e. The second kappa shape index (κ2) is 5.83. The maximum atomic E-state index is 13.0. The highest BCUT2D eigenvalue weighted by Gasteiger charge is 2.29. The van der Waals surface area contributed by atoms with Crippen molar-refractivity contribution in [3.05, 3.63) is 63.9 Å². The lowest BCUT2D eigenvalue weighted by Gasteiger charge is -2.09. The maximum absolute atomic E-state index is 13.0. The van der Waals surface area contributed by atoms with Crippen LogP contribution in [-0.4, -0.2) is 0 Å². The number of ether oxygens (including phenoxy) is 1. The predicted molar refractivity (Wildman–Crippen MR) is 69.9 cm³/mol. The van der Waals surface area contributed by atoms with Crippen LogP contribution in [0.1, 0.15) is 11.1 Å². The molecule has 0 radical (unpaired) electrons. The Kier molecular flexibility index (Phi) is 4.32. The van der Waals surface area contributed by atoms with Crippen LogP contribution in [0, 0.1) is 5.82 Å². The quantitative estimate of drug-likeness (QED) is 0.694. The second-order valence-corrected chi connectivity index (χ2v) is 4.91. The van der Waals surface area contributed by atoms with Crippen LogP contribution in [0.25, 0.3) is 0 Å². The van der Waals surface area contributed by atoms with Crippen molar-refractivity contribution in [3.63, 3.8) is 0 Å². The van der Waals surface area contributed by atoms with Crippen molar-refractivity contribution in [2.24, 2.45) is 0 Å². The minimum Gasteiger partial charge on any atom is -0.489 e. The Balaban J connectivity index is 2.02. The summed E-state index contributed by atoms with van der Waals surface area (Å²) >= 11 is 3.02. The molecule has 1 nitrogen and oxygen atoms in total. The molecule has 0 fully saturated rings. The summed E-state index contributed by atoms with van der Waals surface area (Å²) in [5.74, 6) is 0.0186. The van der Waals surface area contributed by atoms with Gasteiger partial charge in [-0.15, -0.1) is 0 Å². The first-order valence-corrected chi connectivity index (χ1v) is 6.39. The van der Waals surface area contributed by atoms with Crippen LogP contribution in [0.2, 0.25) is 0 Å². The summed E-state index contributed by atoms with van der Waals surface area (Å²) in [5.41, 5.74) is -0.107. The summed E-state index contributed by atoms with van der Waals surface area (Å²) in [7, 11) is 0. The van der Waals surface area contributed by atoms with Gasteiger partial charge in [0.25, 0.3) is 0 Å². The molecule has 0 spiro atoms. The lowest BCUT2D eigenvalue weighted by Crippen LogP contribution is -2.05. The molecule has 0 amide bonds. The molecule has 106 valence electrons. The first kappa shape index (κ1) is 14.8. The van der Waals surface area contributed by atoms with Gasteiger partial charge in [-0.25, -0.2) is 4.39 Å². The Morgan fingerprint density at radius 1 is 1.00 bits per heavy atom. The molecular formula is C14H9BrF4O. The molecule has 2 aromatic rings. The molecule has 0 N–H and O–H groups in total. The van der Waals surface area contributed by atoms with Crippen molar-refractivity contribution in [1.82, 2.24) is 0 Å². The summed E-state index contributed by atoms with van der Waals surface area (Å²) in [6.45, 7) is 0.107. The number of alkyl halides is 3. The van der Waals surface area contributed by atoms with Gasteiger partial charge >= 0.3 is 6.18 Å². The third-order valence-corrected chi connectivity index (χ3v) is 3.19. The molecule has 0 saturated heterocycles. The van der Waals surface area contributed by atoms with Crippen LogP contribution in [-0.2, 0) is 12.8 Å². The molecule has 0 aromatic heterocycles. The van der Waals surface area contributed by atoms with E-state index in [4.69, 9.17) is 4.74 Å². The molecule has 0 unspecified atom stereocenters. The average Bonchev–Trinajstić information content (AvgIpc) is 2.40. The van der Waals surface area contributed by atoms with E-state index in [0.717, 1.165) is 12.1 Å². The third-order valence-electron chi connectivity index (χ3n) is 2.58. The monoisotopic (exact) mass is 348 g/mol. The second-order valence-electron chi connectivity index (χ2n) is 4.06. The van der Waals surface area contributed by atoms with E-state index in [-0.39, 0.29) is 11.1 Å². The summed E-state index contributed by atoms with van der Waals surface area (Å²) < 4.78 is 55.8. The van der Waals surface area contributed by atoms with Crippen LogP contribution in [0.15, 0.2) is 46.9 Å². The zero-order valence-electron chi connectivity index (χ0n) is 10.0. The molecule has 0 aliphatic carbocycles. The summed E-state index contributed by atoms with van der Waals surface area (Å²) in [6.07, 6.45) is -4.35. The largest absolute Gasteiger partial charge is 0.489 e. The fourth-order valence-electron chi connectivity index (χ4n) is 1.52. The predicted octanol–water partition coefficient (Wildman–Crippen LogP) is 5.19. The van der Waals surface area contributed by atoms with E-state index in [1.54, 1.807) is 0 Å². The standard InChI is InChI=1S/C14H9BrF4O/c15-12-7-11(5-6-13(12)16)20-8-9-1-3-10(4-2-9)14(17,18)19/h1-7H,8H2. The number of hydrogen-bond donors (Lipinski definition) is 0. The minimum atomic E-state index is -4.35. The molecular weight excluding hydrogens is 340 g/mol. The third kappa shape index (κ3) is 3.72. The van der Waals surface area contributed by atoms with E-state index in [9.17, 15) is 17.6 Å². The van der Waals surface area contributed by atoms with Crippen molar-refractivity contribution < 1.29 is 22.3 Å². The minimum absolute atomic E-state index is 0.107. The highest BCUT2D eigenvalue weighted by molar-refractivity contribution is 9.10. The van der Waals surface area contributed by atoms with Gasteiger partial charge in [0.05, 0.1) is 10.0 Å². The van der Waals surface area contributed by atoms with Crippen molar-refractivity contribution in [3.8, 4) is 5.75 Å². The zero-order chi connectivity index (χ0) is 14.8. The van der Waals surface area contributed by atoms with Crippen LogP contribution in [0.4, 0.5) is 17.6 Å². The van der Waals surface area contributed by atoms with E-state index < -0.39 is 17.6 Å². The van der Waals surface area contributed by atoms with Gasteiger partial charge < -0.3 is 4.74 Å². The molecule has 0 heterocycles. The topological polar surface area (TPSA) is 9.23 Å². The van der Waals surface area contributed by atoms with Gasteiger partial charge in [-0.1, -0.05) is 12.1 Å². The van der Waals surface area contributed by atoms with Crippen molar-refractivity contribution in [2.75, 3.05) is 0 Å². The van der Waals surface area contributed by atoms with E-state index in [1.165, 1.54) is 30.3 Å². The van der Waals surface area contributed by atoms with Gasteiger partial charge in [-0.05, 0) is 51.8 Å². The summed E-state index contributed by atoms with van der Waals surface area (Å²) in [6, 6.07) is 8.84. The zero-order valence-corrected chi connectivity index (χ0v) is 11.6. The van der Waals surface area contributed by atoms with Gasteiger partial charge in [0.1, 0.15) is 18.2 Å². The Morgan fingerprint density at radius 3 is 2.20 bits per heavy atom. The lowest BCUT2D eigenvalue weighted by molar-refractivity contribution is -0.137. The van der Waals surface area contributed by atoms with Gasteiger partial charge in [0.15, 0.2) is 0 Å². The number of benzene rings is 2. The average molecular weight is 349 g/mol. The Hall–Kier alpha value is -1.56. The molecule has 0 aliphatic rings. The van der Waals surface area contributed by atoms with Crippen molar-refractivity contribution >= 4 is 15.9 Å². The lowest BCUT2D eigenvalue weighted by atomic mass is 10.1. The van der Waals surface area contributed by atoms with Crippen LogP contribution < -0.4 is 4.74 Å². The molecule has 0 saturated carbocycles. The summed E-state index contributed by atoms with van der Waals surface area (Å²) in [5, 5.41) is 0. The molecule has 2 rings (SSSR count). The number of halogens is 5. The van der Waals surface area contributed by atoms with E-state index in [1.807, 2.05) is 0 Å². The fraction of sp³-hybridized carbons (Fsp3) is 0.143. The fourth-order valence-corrected chi connectivity index (χ4v) is 1.88. The van der Waals surface area contributed by atoms with Crippen molar-refractivity contribution in [2.45, 2.75) is 12.8 Å². The van der Waals surface area contributed by atoms with Gasteiger partial charge in [0.2, 0.25) is 0 Å². The molecule has 0 atom stereocenters. The number of hydrogen-bond acceptors (Lipinski definition) is 1. The Morgan fingerprint density at radius 2 is 1.65 bits per heavy atom. The first-order chi connectivity index (χ1) is 9.36. The van der Waals surface area contributed by atoms with Crippen LogP contribution >= 0.6 is 15.9 Å². The van der Waals surface area contributed by atoms with E-state index in [0.29, 0.717) is 11.3 Å². The highest BCUT2D eigenvalue weighted by atomic mass is 79.9. The summed E-state index contributed by atoms with van der Waals surface area (Å²) in [4.78, 5) is 0. The van der Waals surface area contributed by atoms with Crippen LogP contribution in [0.3, 0.4) is 0 Å². The van der Waals surface area contributed by atoms with E-state index >= 15 is 0 Å². The maximum Gasteiger partial charge on any atom is 0.416 e. The molecule has 20 heavy (non-hydrogen) atoms. The first-order valence-electron chi connectivity index (χ1n) is 5.60. The van der Waals surface area contributed by atoms with Gasteiger partial charge in [-0.3, -0.25) is 0 Å². The molecule has 2 aromatic carbocycles. The Labute approximate surface area is 121 Å². The molecule has 0 bridgehead atoms. The highest BCUT2D eigenvalue weighted by Crippen LogP contribution is 2.29. The number of rotatable bonds is 3.